The summed E-state index contributed by atoms with van der Waals surface area (Å²) in [5, 5.41) is 9.32. The highest BCUT2D eigenvalue weighted by Gasteiger charge is 2.23. The van der Waals surface area contributed by atoms with Crippen LogP contribution in [0.2, 0.25) is 0 Å². The number of piperazine rings is 1. The zero-order chi connectivity index (χ0) is 26.6. The fourth-order valence-electron chi connectivity index (χ4n) is 5.00. The molecule has 0 bridgehead atoms. The SMILES string of the molecule is CC(C)OCCCn1c(=O)c2ccccc2n2c(CCC(=O)N3CCN(c4ccccc4F)CC3)nnc12. The number of hydrogen-bond acceptors (Lipinski definition) is 6. The van der Waals surface area contributed by atoms with Crippen molar-refractivity contribution in [3.05, 3.63) is 70.5 Å². The van der Waals surface area contributed by atoms with Crippen molar-refractivity contribution in [3.8, 4) is 0 Å². The minimum atomic E-state index is -0.246. The first-order valence-electron chi connectivity index (χ1n) is 13.2. The van der Waals surface area contributed by atoms with Gasteiger partial charge in [0, 0.05) is 52.2 Å². The van der Waals surface area contributed by atoms with E-state index in [-0.39, 0.29) is 29.8 Å². The summed E-state index contributed by atoms with van der Waals surface area (Å²) in [6.07, 6.45) is 1.47. The number of carbonyl (C=O) groups excluding carboxylic acids is 1. The molecule has 1 fully saturated rings. The van der Waals surface area contributed by atoms with E-state index in [9.17, 15) is 14.0 Å². The number of nitrogens with zero attached hydrogens (tertiary/aromatic N) is 6. The molecule has 2 aromatic heterocycles. The topological polar surface area (TPSA) is 85.0 Å². The molecule has 38 heavy (non-hydrogen) atoms. The molecule has 5 rings (SSSR count). The molecule has 2 aromatic carbocycles. The molecule has 3 heterocycles. The first kappa shape index (κ1) is 25.8. The van der Waals surface area contributed by atoms with Crippen molar-refractivity contribution in [3.63, 3.8) is 0 Å². The Morgan fingerprint density at radius 1 is 1.03 bits per heavy atom. The molecule has 0 atom stereocenters. The summed E-state index contributed by atoms with van der Waals surface area (Å²) < 4.78 is 23.3. The fraction of sp³-hybridized carbons (Fsp3) is 0.429. The Balaban J connectivity index is 1.30. The number of fused-ring (bicyclic) bond motifs is 3. The number of amides is 1. The van der Waals surface area contributed by atoms with Crippen LogP contribution in [-0.2, 0) is 22.5 Å². The smallest absolute Gasteiger partial charge is 0.262 e. The van der Waals surface area contributed by atoms with Crippen molar-refractivity contribution in [2.24, 2.45) is 0 Å². The van der Waals surface area contributed by atoms with Gasteiger partial charge in [0.05, 0.1) is 22.7 Å². The summed E-state index contributed by atoms with van der Waals surface area (Å²) >= 11 is 0. The molecule has 1 amide bonds. The second-order valence-corrected chi connectivity index (χ2v) is 9.82. The average molecular weight is 521 g/mol. The molecule has 0 N–H and O–H groups in total. The fourth-order valence-corrected chi connectivity index (χ4v) is 5.00. The van der Waals surface area contributed by atoms with E-state index in [2.05, 4.69) is 10.2 Å². The molecule has 1 saturated heterocycles. The van der Waals surface area contributed by atoms with Crippen LogP contribution in [0.25, 0.3) is 16.7 Å². The number of anilines is 1. The van der Waals surface area contributed by atoms with Crippen LogP contribution < -0.4 is 10.5 Å². The summed E-state index contributed by atoms with van der Waals surface area (Å²) in [7, 11) is 0. The third-order valence-electron chi connectivity index (χ3n) is 6.94. The Labute approximate surface area is 220 Å². The number of rotatable bonds is 9. The third-order valence-corrected chi connectivity index (χ3v) is 6.94. The van der Waals surface area contributed by atoms with Gasteiger partial charge in [-0.2, -0.15) is 0 Å². The Kier molecular flexibility index (Phi) is 7.69. The highest BCUT2D eigenvalue weighted by molar-refractivity contribution is 5.80. The number of aromatic nitrogens is 4. The standard InChI is InChI=1S/C28H33FN6O3/c1-20(2)38-19-7-14-34-27(37)21-8-3-5-10-23(21)35-25(30-31-28(34)35)12-13-26(36)33-17-15-32(16-18-33)24-11-6-4-9-22(24)29/h3-6,8-11,20H,7,12-19H2,1-2H3. The lowest BCUT2D eigenvalue weighted by Gasteiger charge is -2.36. The van der Waals surface area contributed by atoms with Crippen molar-refractivity contribution in [1.29, 1.82) is 0 Å². The molecule has 0 saturated carbocycles. The molecule has 0 unspecified atom stereocenters. The van der Waals surface area contributed by atoms with Gasteiger partial charge in [0.2, 0.25) is 11.7 Å². The molecule has 1 aliphatic rings. The maximum Gasteiger partial charge on any atom is 0.262 e. The lowest BCUT2D eigenvalue weighted by molar-refractivity contribution is -0.131. The molecule has 4 aromatic rings. The molecule has 10 heteroatoms. The quantitative estimate of drug-likeness (QED) is 0.315. The number of carbonyl (C=O) groups is 1. The van der Waals surface area contributed by atoms with Gasteiger partial charge in [-0.25, -0.2) is 4.39 Å². The van der Waals surface area contributed by atoms with E-state index < -0.39 is 0 Å². The zero-order valence-corrected chi connectivity index (χ0v) is 21.8. The van der Waals surface area contributed by atoms with Gasteiger partial charge in [-0.15, -0.1) is 10.2 Å². The minimum absolute atomic E-state index is 0.0263. The second kappa shape index (κ2) is 11.3. The predicted molar refractivity (Wildman–Crippen MR) is 144 cm³/mol. The van der Waals surface area contributed by atoms with Crippen LogP contribution in [0.15, 0.2) is 53.3 Å². The second-order valence-electron chi connectivity index (χ2n) is 9.82. The van der Waals surface area contributed by atoms with Gasteiger partial charge in [-0.3, -0.25) is 18.6 Å². The molecule has 0 spiro atoms. The van der Waals surface area contributed by atoms with Gasteiger partial charge in [-0.1, -0.05) is 24.3 Å². The number of aryl methyl sites for hydroxylation is 2. The van der Waals surface area contributed by atoms with Crippen molar-refractivity contribution < 1.29 is 13.9 Å². The molecule has 9 nitrogen and oxygen atoms in total. The molecule has 0 aliphatic carbocycles. The van der Waals surface area contributed by atoms with Crippen LogP contribution in [0.4, 0.5) is 10.1 Å². The Morgan fingerprint density at radius 2 is 1.76 bits per heavy atom. The van der Waals surface area contributed by atoms with E-state index in [1.807, 2.05) is 58.4 Å². The van der Waals surface area contributed by atoms with Crippen LogP contribution in [0.5, 0.6) is 0 Å². The Hall–Kier alpha value is -3.79. The van der Waals surface area contributed by atoms with Crippen molar-refractivity contribution in [2.45, 2.75) is 45.8 Å². The van der Waals surface area contributed by atoms with E-state index >= 15 is 0 Å². The summed E-state index contributed by atoms with van der Waals surface area (Å²) in [4.78, 5) is 30.1. The van der Waals surface area contributed by atoms with Crippen molar-refractivity contribution in [1.82, 2.24) is 24.1 Å². The third kappa shape index (κ3) is 5.26. The number of halogens is 1. The van der Waals surface area contributed by atoms with E-state index in [1.165, 1.54) is 6.07 Å². The van der Waals surface area contributed by atoms with Gasteiger partial charge in [0.15, 0.2) is 0 Å². The molecule has 0 radical (unpaired) electrons. The minimum Gasteiger partial charge on any atom is -0.379 e. The first-order valence-corrected chi connectivity index (χ1v) is 13.2. The van der Waals surface area contributed by atoms with Crippen molar-refractivity contribution >= 4 is 28.3 Å². The van der Waals surface area contributed by atoms with E-state index in [0.29, 0.717) is 74.8 Å². The summed E-state index contributed by atoms with van der Waals surface area (Å²) in [5.74, 6) is 0.892. The Bertz CT molecular complexity index is 1490. The van der Waals surface area contributed by atoms with Crippen molar-refractivity contribution in [2.75, 3.05) is 37.7 Å². The molecular formula is C28H33FN6O3. The van der Waals surface area contributed by atoms with Gasteiger partial charge < -0.3 is 14.5 Å². The van der Waals surface area contributed by atoms with E-state index in [0.717, 1.165) is 5.52 Å². The number of hydrogen-bond donors (Lipinski definition) is 0. The average Bonchev–Trinajstić information content (AvgIpc) is 3.35. The van der Waals surface area contributed by atoms with Crippen LogP contribution in [0, 0.1) is 5.82 Å². The number of para-hydroxylation sites is 2. The Morgan fingerprint density at radius 3 is 2.53 bits per heavy atom. The molecule has 1 aliphatic heterocycles. The molecule has 200 valence electrons. The van der Waals surface area contributed by atoms with E-state index in [4.69, 9.17) is 4.74 Å². The van der Waals surface area contributed by atoms with Gasteiger partial charge in [0.1, 0.15) is 11.6 Å². The van der Waals surface area contributed by atoms with E-state index in [1.54, 1.807) is 16.7 Å². The summed E-state index contributed by atoms with van der Waals surface area (Å²) in [6, 6.07) is 14.1. The lowest BCUT2D eigenvalue weighted by Crippen LogP contribution is -2.49. The zero-order valence-electron chi connectivity index (χ0n) is 21.8. The van der Waals surface area contributed by atoms with Crippen LogP contribution in [0.3, 0.4) is 0 Å². The summed E-state index contributed by atoms with van der Waals surface area (Å²) in [6.45, 7) is 7.20. The lowest BCUT2D eigenvalue weighted by atomic mass is 10.2. The summed E-state index contributed by atoms with van der Waals surface area (Å²) in [5.41, 5.74) is 1.19. The normalized spacial score (nSPS) is 14.2. The number of benzene rings is 2. The van der Waals surface area contributed by atoms with Gasteiger partial charge >= 0.3 is 0 Å². The predicted octanol–water partition coefficient (Wildman–Crippen LogP) is 3.28. The maximum absolute atomic E-state index is 14.2. The monoisotopic (exact) mass is 520 g/mol. The highest BCUT2D eigenvalue weighted by Crippen LogP contribution is 2.21. The molecular weight excluding hydrogens is 487 g/mol. The number of ether oxygens (including phenoxy) is 1. The van der Waals surface area contributed by atoms with Gasteiger partial charge in [-0.05, 0) is 44.5 Å². The van der Waals surface area contributed by atoms with Gasteiger partial charge in [0.25, 0.3) is 5.56 Å². The first-order chi connectivity index (χ1) is 18.4. The largest absolute Gasteiger partial charge is 0.379 e. The van der Waals surface area contributed by atoms with Crippen LogP contribution in [-0.4, -0.2) is 68.9 Å². The van der Waals surface area contributed by atoms with Crippen LogP contribution in [0.1, 0.15) is 32.5 Å². The maximum atomic E-state index is 14.2. The van der Waals surface area contributed by atoms with Crippen LogP contribution >= 0.6 is 0 Å². The highest BCUT2D eigenvalue weighted by atomic mass is 19.1.